The Morgan fingerprint density at radius 2 is 1.74 bits per heavy atom. The molecule has 3 fully saturated rings. The van der Waals surface area contributed by atoms with Crippen molar-refractivity contribution in [2.24, 2.45) is 5.92 Å². The van der Waals surface area contributed by atoms with E-state index in [4.69, 9.17) is 9.47 Å². The van der Waals surface area contributed by atoms with Crippen LogP contribution in [-0.2, 0) is 19.1 Å². The molecule has 0 aliphatic carbocycles. The minimum Gasteiger partial charge on any atom is -0.494 e. The Balaban J connectivity index is 1.34. The van der Waals surface area contributed by atoms with Crippen molar-refractivity contribution in [3.05, 3.63) is 24.3 Å². The second kappa shape index (κ2) is 9.78. The Labute approximate surface area is 183 Å². The van der Waals surface area contributed by atoms with Crippen molar-refractivity contribution in [2.75, 3.05) is 50.9 Å². The van der Waals surface area contributed by atoms with Crippen molar-refractivity contribution >= 4 is 23.4 Å². The summed E-state index contributed by atoms with van der Waals surface area (Å²) in [6.07, 6.45) is 2.55. The lowest BCUT2D eigenvalue weighted by Crippen LogP contribution is -2.50. The van der Waals surface area contributed by atoms with E-state index < -0.39 is 6.04 Å². The molecule has 1 atom stereocenters. The van der Waals surface area contributed by atoms with Gasteiger partial charge in [-0.05, 0) is 56.6 Å². The highest BCUT2D eigenvalue weighted by molar-refractivity contribution is 6.22. The second-order valence-corrected chi connectivity index (χ2v) is 8.38. The first-order valence-electron chi connectivity index (χ1n) is 11.3. The van der Waals surface area contributed by atoms with Gasteiger partial charge in [0.15, 0.2) is 0 Å². The number of imide groups is 1. The quantitative estimate of drug-likeness (QED) is 0.640. The van der Waals surface area contributed by atoms with Crippen molar-refractivity contribution in [1.82, 2.24) is 9.80 Å². The summed E-state index contributed by atoms with van der Waals surface area (Å²) in [6.45, 7) is 6.50. The molecule has 0 radical (unpaired) electrons. The van der Waals surface area contributed by atoms with Gasteiger partial charge in [0, 0.05) is 19.0 Å². The number of likely N-dealkylation sites (tertiary alicyclic amines) is 1. The fourth-order valence-electron chi connectivity index (χ4n) is 4.58. The number of nitrogens with zero attached hydrogens (tertiary/aromatic N) is 3. The molecule has 4 rings (SSSR count). The standard InChI is InChI=1S/C23H31N3O5/c1-2-13-31-19-5-3-18(4-6-19)26-21(27)16-20(23(26)29)24-9-7-17(8-10-24)22(28)25-11-14-30-15-12-25/h3-6,17,20H,2,7-16H2,1H3/t20-/m1/s1. The van der Waals surface area contributed by atoms with E-state index in [1.807, 2.05) is 11.8 Å². The van der Waals surface area contributed by atoms with Gasteiger partial charge in [-0.2, -0.15) is 0 Å². The molecule has 0 aromatic heterocycles. The van der Waals surface area contributed by atoms with Gasteiger partial charge in [0.05, 0.1) is 38.0 Å². The molecule has 0 bridgehead atoms. The third kappa shape index (κ3) is 4.75. The number of rotatable bonds is 6. The molecule has 0 N–H and O–H groups in total. The summed E-state index contributed by atoms with van der Waals surface area (Å²) in [4.78, 5) is 43.7. The van der Waals surface area contributed by atoms with Crippen LogP contribution < -0.4 is 9.64 Å². The average molecular weight is 430 g/mol. The molecule has 3 heterocycles. The lowest BCUT2D eigenvalue weighted by molar-refractivity contribution is -0.141. The number of hydrogen-bond donors (Lipinski definition) is 0. The van der Waals surface area contributed by atoms with Gasteiger partial charge in [0.1, 0.15) is 5.75 Å². The Kier molecular flexibility index (Phi) is 6.87. The number of anilines is 1. The largest absolute Gasteiger partial charge is 0.494 e. The number of benzene rings is 1. The van der Waals surface area contributed by atoms with E-state index in [9.17, 15) is 14.4 Å². The summed E-state index contributed by atoms with van der Waals surface area (Å²) in [7, 11) is 0. The van der Waals surface area contributed by atoms with Gasteiger partial charge in [-0.25, -0.2) is 4.90 Å². The third-order valence-electron chi connectivity index (χ3n) is 6.33. The maximum Gasteiger partial charge on any atom is 0.251 e. The molecule has 3 amide bonds. The molecule has 3 aliphatic rings. The van der Waals surface area contributed by atoms with Crippen LogP contribution in [0, 0.1) is 5.92 Å². The fraction of sp³-hybridized carbons (Fsp3) is 0.609. The number of carbonyl (C=O) groups excluding carboxylic acids is 3. The molecule has 0 saturated carbocycles. The summed E-state index contributed by atoms with van der Waals surface area (Å²) in [6, 6.07) is 6.67. The summed E-state index contributed by atoms with van der Waals surface area (Å²) in [5, 5.41) is 0. The Bertz CT molecular complexity index is 798. The average Bonchev–Trinajstić information content (AvgIpc) is 3.12. The van der Waals surface area contributed by atoms with Crippen molar-refractivity contribution in [2.45, 2.75) is 38.6 Å². The molecule has 0 unspecified atom stereocenters. The van der Waals surface area contributed by atoms with Gasteiger partial charge in [-0.1, -0.05) is 6.92 Å². The second-order valence-electron chi connectivity index (χ2n) is 8.38. The van der Waals surface area contributed by atoms with E-state index in [0.717, 1.165) is 25.0 Å². The van der Waals surface area contributed by atoms with Gasteiger partial charge in [0.2, 0.25) is 11.8 Å². The first-order chi connectivity index (χ1) is 15.1. The highest BCUT2D eigenvalue weighted by atomic mass is 16.5. The van der Waals surface area contributed by atoms with Gasteiger partial charge >= 0.3 is 0 Å². The van der Waals surface area contributed by atoms with E-state index >= 15 is 0 Å². The minimum atomic E-state index is -0.442. The van der Waals surface area contributed by atoms with Crippen LogP contribution in [0.1, 0.15) is 32.6 Å². The molecule has 3 aliphatic heterocycles. The Morgan fingerprint density at radius 3 is 2.39 bits per heavy atom. The SMILES string of the molecule is CCCOc1ccc(N2C(=O)C[C@@H](N3CCC(C(=O)N4CCOCC4)CC3)C2=O)cc1. The molecule has 168 valence electrons. The smallest absolute Gasteiger partial charge is 0.251 e. The highest BCUT2D eigenvalue weighted by Crippen LogP contribution is 2.30. The molecule has 3 saturated heterocycles. The van der Waals surface area contributed by atoms with Crippen LogP contribution in [-0.4, -0.2) is 79.6 Å². The van der Waals surface area contributed by atoms with E-state index in [1.54, 1.807) is 24.3 Å². The molecule has 1 aromatic rings. The lowest BCUT2D eigenvalue weighted by Gasteiger charge is -2.37. The van der Waals surface area contributed by atoms with Crippen molar-refractivity contribution in [3.63, 3.8) is 0 Å². The van der Waals surface area contributed by atoms with Crippen LogP contribution in [0.5, 0.6) is 5.75 Å². The first-order valence-corrected chi connectivity index (χ1v) is 11.3. The predicted molar refractivity (Wildman–Crippen MR) is 115 cm³/mol. The van der Waals surface area contributed by atoms with Gasteiger partial charge in [-0.15, -0.1) is 0 Å². The normalized spacial score (nSPS) is 23.5. The van der Waals surface area contributed by atoms with Gasteiger partial charge in [-0.3, -0.25) is 19.3 Å². The number of carbonyl (C=O) groups is 3. The van der Waals surface area contributed by atoms with Crippen molar-refractivity contribution in [3.8, 4) is 5.75 Å². The summed E-state index contributed by atoms with van der Waals surface area (Å²) in [5.74, 6) is 0.569. The maximum absolute atomic E-state index is 13.1. The lowest BCUT2D eigenvalue weighted by atomic mass is 9.94. The fourth-order valence-corrected chi connectivity index (χ4v) is 4.58. The summed E-state index contributed by atoms with van der Waals surface area (Å²) < 4.78 is 10.9. The number of amides is 3. The molecule has 1 aromatic carbocycles. The Hall–Kier alpha value is -2.45. The maximum atomic E-state index is 13.1. The van der Waals surface area contributed by atoms with Crippen LogP contribution >= 0.6 is 0 Å². The number of ether oxygens (including phenoxy) is 2. The van der Waals surface area contributed by atoms with E-state index in [2.05, 4.69) is 4.90 Å². The number of hydrogen-bond acceptors (Lipinski definition) is 6. The summed E-state index contributed by atoms with van der Waals surface area (Å²) in [5.41, 5.74) is 0.582. The Morgan fingerprint density at radius 1 is 1.06 bits per heavy atom. The predicted octanol–water partition coefficient (Wildman–Crippen LogP) is 1.68. The topological polar surface area (TPSA) is 79.4 Å². The van der Waals surface area contributed by atoms with E-state index in [1.165, 1.54) is 4.90 Å². The molecule has 8 nitrogen and oxygen atoms in total. The number of morpholine rings is 1. The third-order valence-corrected chi connectivity index (χ3v) is 6.33. The van der Waals surface area contributed by atoms with Gasteiger partial charge in [0.25, 0.3) is 5.91 Å². The molecular weight excluding hydrogens is 398 g/mol. The zero-order chi connectivity index (χ0) is 21.8. The van der Waals surface area contributed by atoms with E-state index in [-0.39, 0.29) is 30.1 Å². The minimum absolute atomic E-state index is 0.00618. The molecule has 31 heavy (non-hydrogen) atoms. The zero-order valence-electron chi connectivity index (χ0n) is 18.1. The highest BCUT2D eigenvalue weighted by Gasteiger charge is 2.44. The van der Waals surface area contributed by atoms with Crippen LogP contribution in [0.3, 0.4) is 0 Å². The van der Waals surface area contributed by atoms with Crippen molar-refractivity contribution in [1.29, 1.82) is 0 Å². The van der Waals surface area contributed by atoms with E-state index in [0.29, 0.717) is 51.7 Å². The van der Waals surface area contributed by atoms with Crippen LogP contribution in [0.4, 0.5) is 5.69 Å². The zero-order valence-corrected chi connectivity index (χ0v) is 18.1. The first kappa shape index (κ1) is 21.8. The van der Waals surface area contributed by atoms with Crippen molar-refractivity contribution < 1.29 is 23.9 Å². The van der Waals surface area contributed by atoms with Crippen LogP contribution in [0.25, 0.3) is 0 Å². The van der Waals surface area contributed by atoms with Gasteiger partial charge < -0.3 is 14.4 Å². The van der Waals surface area contributed by atoms with Crippen LogP contribution in [0.15, 0.2) is 24.3 Å². The molecular formula is C23H31N3O5. The number of piperidine rings is 1. The summed E-state index contributed by atoms with van der Waals surface area (Å²) >= 11 is 0. The monoisotopic (exact) mass is 429 g/mol. The van der Waals surface area contributed by atoms with Crippen LogP contribution in [0.2, 0.25) is 0 Å². The molecule has 8 heteroatoms. The molecule has 0 spiro atoms.